The van der Waals surface area contributed by atoms with Crippen LogP contribution in [0.15, 0.2) is 24.3 Å². The summed E-state index contributed by atoms with van der Waals surface area (Å²) in [5.74, 6) is 0.620. The third kappa shape index (κ3) is 2.82. The van der Waals surface area contributed by atoms with Crippen LogP contribution in [0.3, 0.4) is 0 Å². The fourth-order valence-electron chi connectivity index (χ4n) is 1.38. The molecule has 0 atom stereocenters. The second kappa shape index (κ2) is 5.26. The van der Waals surface area contributed by atoms with E-state index in [1.807, 2.05) is 6.92 Å². The second-order valence-corrected chi connectivity index (χ2v) is 3.51. The van der Waals surface area contributed by atoms with Crippen molar-refractivity contribution in [2.24, 2.45) is 7.05 Å². The Bertz CT molecular complexity index is 535. The number of ether oxygens (including phenoxy) is 1. The second-order valence-electron chi connectivity index (χ2n) is 3.51. The molecule has 0 fully saturated rings. The van der Waals surface area contributed by atoms with Crippen LogP contribution in [0.5, 0.6) is 5.75 Å². The molecule has 1 amide bonds. The number of benzene rings is 1. The van der Waals surface area contributed by atoms with Gasteiger partial charge in [0.2, 0.25) is 0 Å². The maximum atomic E-state index is 11.8. The Balaban J connectivity index is 2.04. The van der Waals surface area contributed by atoms with Gasteiger partial charge in [-0.25, -0.2) is 0 Å². The van der Waals surface area contributed by atoms with Gasteiger partial charge in [-0.3, -0.25) is 10.1 Å². The lowest BCUT2D eigenvalue weighted by atomic mass is 10.2. The zero-order valence-corrected chi connectivity index (χ0v) is 10.1. The number of carbonyl (C=O) groups excluding carboxylic acids is 1. The summed E-state index contributed by atoms with van der Waals surface area (Å²) in [4.78, 5) is 13.1. The van der Waals surface area contributed by atoms with E-state index in [4.69, 9.17) is 4.74 Å². The normalized spacial score (nSPS) is 10.1. The fourth-order valence-corrected chi connectivity index (χ4v) is 1.38. The van der Waals surface area contributed by atoms with Crippen molar-refractivity contribution < 1.29 is 9.53 Å². The average molecular weight is 247 g/mol. The Morgan fingerprint density at radius 2 is 2.11 bits per heavy atom. The van der Waals surface area contributed by atoms with Gasteiger partial charge in [-0.05, 0) is 36.4 Å². The van der Waals surface area contributed by atoms with Crippen LogP contribution in [0, 0.1) is 0 Å². The minimum atomic E-state index is -0.286. The van der Waals surface area contributed by atoms with E-state index in [1.165, 1.54) is 4.80 Å². The van der Waals surface area contributed by atoms with Crippen LogP contribution in [0.4, 0.5) is 5.95 Å². The smallest absolute Gasteiger partial charge is 0.270 e. The quantitative estimate of drug-likeness (QED) is 0.866. The number of tetrazole rings is 1. The maximum Gasteiger partial charge on any atom is 0.270 e. The highest BCUT2D eigenvalue weighted by Crippen LogP contribution is 2.12. The van der Waals surface area contributed by atoms with Gasteiger partial charge in [0.15, 0.2) is 0 Å². The average Bonchev–Trinajstić information content (AvgIpc) is 2.76. The number of aromatic nitrogens is 4. The number of nitrogens with zero attached hydrogens (tertiary/aromatic N) is 4. The molecule has 1 heterocycles. The molecular weight excluding hydrogens is 234 g/mol. The SMILES string of the molecule is CCOc1ccc(C(=O)Nc2nnn(C)n2)cc1. The summed E-state index contributed by atoms with van der Waals surface area (Å²) in [5, 5.41) is 13.7. The van der Waals surface area contributed by atoms with Crippen molar-refractivity contribution in [1.82, 2.24) is 20.2 Å². The number of hydrogen-bond acceptors (Lipinski definition) is 5. The lowest BCUT2D eigenvalue weighted by Crippen LogP contribution is -2.13. The molecule has 2 rings (SSSR count). The summed E-state index contributed by atoms with van der Waals surface area (Å²) in [6.45, 7) is 2.50. The molecule has 0 aliphatic carbocycles. The van der Waals surface area contributed by atoms with Crippen LogP contribution in [0.1, 0.15) is 17.3 Å². The summed E-state index contributed by atoms with van der Waals surface area (Å²) in [6.07, 6.45) is 0. The van der Waals surface area contributed by atoms with Crippen LogP contribution in [0.25, 0.3) is 0 Å². The van der Waals surface area contributed by atoms with E-state index < -0.39 is 0 Å². The summed E-state index contributed by atoms with van der Waals surface area (Å²) >= 11 is 0. The van der Waals surface area contributed by atoms with Crippen molar-refractivity contribution in [3.63, 3.8) is 0 Å². The van der Waals surface area contributed by atoms with Crippen LogP contribution in [-0.2, 0) is 7.05 Å². The Hall–Kier alpha value is -2.44. The first-order valence-electron chi connectivity index (χ1n) is 5.47. The zero-order valence-electron chi connectivity index (χ0n) is 10.1. The summed E-state index contributed by atoms with van der Waals surface area (Å²) in [7, 11) is 1.62. The third-order valence-corrected chi connectivity index (χ3v) is 2.16. The molecule has 0 aliphatic heterocycles. The molecule has 18 heavy (non-hydrogen) atoms. The van der Waals surface area contributed by atoms with Crippen molar-refractivity contribution >= 4 is 11.9 Å². The minimum Gasteiger partial charge on any atom is -0.494 e. The van der Waals surface area contributed by atoms with Crippen LogP contribution in [-0.4, -0.2) is 32.7 Å². The van der Waals surface area contributed by atoms with E-state index in [2.05, 4.69) is 20.7 Å². The largest absolute Gasteiger partial charge is 0.494 e. The van der Waals surface area contributed by atoms with Gasteiger partial charge in [-0.15, -0.1) is 5.10 Å². The van der Waals surface area contributed by atoms with Crippen LogP contribution in [0.2, 0.25) is 0 Å². The topological polar surface area (TPSA) is 81.9 Å². The van der Waals surface area contributed by atoms with Gasteiger partial charge >= 0.3 is 0 Å². The van der Waals surface area contributed by atoms with Gasteiger partial charge in [0.25, 0.3) is 11.9 Å². The van der Waals surface area contributed by atoms with Gasteiger partial charge < -0.3 is 4.74 Å². The van der Waals surface area contributed by atoms with Crippen molar-refractivity contribution in [3.8, 4) is 5.75 Å². The molecule has 0 radical (unpaired) electrons. The molecule has 0 saturated carbocycles. The molecule has 0 aliphatic rings. The van der Waals surface area contributed by atoms with E-state index in [9.17, 15) is 4.79 Å². The monoisotopic (exact) mass is 247 g/mol. The predicted octanol–water partition coefficient (Wildman–Crippen LogP) is 0.861. The lowest BCUT2D eigenvalue weighted by molar-refractivity contribution is 0.102. The molecular formula is C11H13N5O2. The van der Waals surface area contributed by atoms with Crippen molar-refractivity contribution in [1.29, 1.82) is 0 Å². The molecule has 2 aromatic rings. The summed E-state index contributed by atoms with van der Waals surface area (Å²) in [6, 6.07) is 6.83. The van der Waals surface area contributed by atoms with Gasteiger partial charge in [0.1, 0.15) is 5.75 Å². The number of rotatable bonds is 4. The highest BCUT2D eigenvalue weighted by atomic mass is 16.5. The van der Waals surface area contributed by atoms with Crippen molar-refractivity contribution in [3.05, 3.63) is 29.8 Å². The van der Waals surface area contributed by atoms with E-state index in [0.29, 0.717) is 12.2 Å². The molecule has 0 bridgehead atoms. The van der Waals surface area contributed by atoms with Gasteiger partial charge in [-0.2, -0.15) is 4.80 Å². The van der Waals surface area contributed by atoms with Gasteiger partial charge in [0, 0.05) is 5.56 Å². The summed E-state index contributed by atoms with van der Waals surface area (Å²) in [5.41, 5.74) is 0.505. The molecule has 1 aromatic carbocycles. The number of aryl methyl sites for hydroxylation is 1. The standard InChI is InChI=1S/C11H13N5O2/c1-3-18-9-6-4-8(5-7-9)10(17)12-11-13-15-16(2)14-11/h4-7H,3H2,1-2H3,(H,12,14,17). The van der Waals surface area contributed by atoms with Gasteiger partial charge in [-0.1, -0.05) is 5.10 Å². The minimum absolute atomic E-state index is 0.177. The number of nitrogens with one attached hydrogen (secondary N) is 1. The highest BCUT2D eigenvalue weighted by Gasteiger charge is 2.09. The molecule has 1 aromatic heterocycles. The van der Waals surface area contributed by atoms with Crippen molar-refractivity contribution in [2.75, 3.05) is 11.9 Å². The molecule has 0 unspecified atom stereocenters. The molecule has 7 heteroatoms. The Labute approximate surface area is 104 Å². The molecule has 0 saturated heterocycles. The van der Waals surface area contributed by atoms with E-state index in [0.717, 1.165) is 5.75 Å². The van der Waals surface area contributed by atoms with Crippen molar-refractivity contribution in [2.45, 2.75) is 6.92 Å². The molecule has 94 valence electrons. The number of hydrogen-bond donors (Lipinski definition) is 1. The lowest BCUT2D eigenvalue weighted by Gasteiger charge is -2.04. The first kappa shape index (κ1) is 12.0. The van der Waals surface area contributed by atoms with Crippen LogP contribution >= 0.6 is 0 Å². The third-order valence-electron chi connectivity index (χ3n) is 2.16. The summed E-state index contributed by atoms with van der Waals surface area (Å²) < 4.78 is 5.29. The molecule has 7 nitrogen and oxygen atoms in total. The first-order valence-corrected chi connectivity index (χ1v) is 5.47. The molecule has 0 spiro atoms. The predicted molar refractivity (Wildman–Crippen MR) is 64.4 cm³/mol. The Kier molecular flexibility index (Phi) is 3.52. The van der Waals surface area contributed by atoms with Gasteiger partial charge in [0.05, 0.1) is 13.7 Å². The number of anilines is 1. The number of carbonyl (C=O) groups is 1. The first-order chi connectivity index (χ1) is 8.69. The van der Waals surface area contributed by atoms with E-state index in [1.54, 1.807) is 31.3 Å². The maximum absolute atomic E-state index is 11.8. The number of amides is 1. The van der Waals surface area contributed by atoms with E-state index in [-0.39, 0.29) is 11.9 Å². The van der Waals surface area contributed by atoms with Crippen LogP contribution < -0.4 is 10.1 Å². The Morgan fingerprint density at radius 3 is 2.67 bits per heavy atom. The fraction of sp³-hybridized carbons (Fsp3) is 0.273. The molecule has 1 N–H and O–H groups in total. The highest BCUT2D eigenvalue weighted by molar-refractivity contribution is 6.03. The zero-order chi connectivity index (χ0) is 13.0. The van der Waals surface area contributed by atoms with E-state index >= 15 is 0 Å². The Morgan fingerprint density at radius 1 is 1.39 bits per heavy atom.